The number of rotatable bonds is 7. The van der Waals surface area contributed by atoms with E-state index >= 15 is 0 Å². The predicted molar refractivity (Wildman–Crippen MR) is 199 cm³/mol. The smallest absolute Gasteiger partial charge is 0.162 e. The van der Waals surface area contributed by atoms with Crippen LogP contribution in [0, 0.1) is 0 Å². The Morgan fingerprint density at radius 1 is 0.562 bits per heavy atom. The van der Waals surface area contributed by atoms with Crippen LogP contribution in [0.3, 0.4) is 0 Å². The SMILES string of the molecule is C=Cc1c(/C=C\C)nc2c(oc3ccccc32)c1-c1cccc(-c2nc(-c3ccccc3)cc(-c3cccc(-c4ccccc4)c3)n2)c1. The lowest BCUT2D eigenvalue weighted by atomic mass is 9.95. The van der Waals surface area contributed by atoms with Crippen LogP contribution in [0.2, 0.25) is 0 Å². The van der Waals surface area contributed by atoms with Crippen molar-refractivity contribution in [1.82, 2.24) is 15.0 Å². The maximum Gasteiger partial charge on any atom is 0.162 e. The van der Waals surface area contributed by atoms with Gasteiger partial charge in [0.15, 0.2) is 11.4 Å². The van der Waals surface area contributed by atoms with Gasteiger partial charge in [0.25, 0.3) is 0 Å². The van der Waals surface area contributed by atoms with E-state index in [2.05, 4.69) is 104 Å². The largest absolute Gasteiger partial charge is 0.454 e. The Bertz CT molecular complexity index is 2480. The molecule has 0 atom stereocenters. The third kappa shape index (κ3) is 5.29. The van der Waals surface area contributed by atoms with E-state index in [1.165, 1.54) is 0 Å². The van der Waals surface area contributed by atoms with Gasteiger partial charge < -0.3 is 4.42 Å². The molecule has 8 rings (SSSR count). The summed E-state index contributed by atoms with van der Waals surface area (Å²) < 4.78 is 6.50. The molecule has 0 aliphatic carbocycles. The zero-order valence-electron chi connectivity index (χ0n) is 26.5. The van der Waals surface area contributed by atoms with Crippen molar-refractivity contribution in [3.63, 3.8) is 0 Å². The second-order valence-corrected chi connectivity index (χ2v) is 11.6. The number of hydrogen-bond acceptors (Lipinski definition) is 4. The van der Waals surface area contributed by atoms with E-state index in [0.29, 0.717) is 5.82 Å². The van der Waals surface area contributed by atoms with Gasteiger partial charge in [-0.15, -0.1) is 0 Å². The molecule has 4 nitrogen and oxygen atoms in total. The van der Waals surface area contributed by atoms with Gasteiger partial charge in [0.1, 0.15) is 11.1 Å². The minimum atomic E-state index is 0.641. The fourth-order valence-corrected chi connectivity index (χ4v) is 6.31. The van der Waals surface area contributed by atoms with Crippen molar-refractivity contribution in [2.24, 2.45) is 0 Å². The topological polar surface area (TPSA) is 51.8 Å². The van der Waals surface area contributed by atoms with Gasteiger partial charge in [-0.2, -0.15) is 0 Å². The summed E-state index contributed by atoms with van der Waals surface area (Å²) in [4.78, 5) is 15.3. The molecule has 0 saturated heterocycles. The van der Waals surface area contributed by atoms with Crippen LogP contribution in [0.5, 0.6) is 0 Å². The van der Waals surface area contributed by atoms with E-state index in [-0.39, 0.29) is 0 Å². The quantitative estimate of drug-likeness (QED) is 0.179. The zero-order valence-corrected chi connectivity index (χ0v) is 26.5. The van der Waals surface area contributed by atoms with Crippen molar-refractivity contribution >= 4 is 34.2 Å². The molecule has 0 N–H and O–H groups in total. The molecule has 228 valence electrons. The lowest BCUT2D eigenvalue weighted by molar-refractivity contribution is 0.669. The highest BCUT2D eigenvalue weighted by atomic mass is 16.3. The predicted octanol–water partition coefficient (Wildman–Crippen LogP) is 11.8. The number of nitrogens with zero attached hydrogens (tertiary/aromatic N) is 3. The van der Waals surface area contributed by atoms with Crippen molar-refractivity contribution in [3.8, 4) is 56.2 Å². The maximum atomic E-state index is 6.50. The second kappa shape index (κ2) is 12.4. The molecule has 0 aliphatic rings. The third-order valence-corrected chi connectivity index (χ3v) is 8.57. The van der Waals surface area contributed by atoms with Gasteiger partial charge >= 0.3 is 0 Å². The summed E-state index contributed by atoms with van der Waals surface area (Å²) in [5.41, 5.74) is 13.0. The summed E-state index contributed by atoms with van der Waals surface area (Å²) >= 11 is 0. The Kier molecular flexibility index (Phi) is 7.52. The van der Waals surface area contributed by atoms with Crippen molar-refractivity contribution in [3.05, 3.63) is 163 Å². The van der Waals surface area contributed by atoms with Crippen LogP contribution < -0.4 is 0 Å². The summed E-state index contributed by atoms with van der Waals surface area (Å²) in [5, 5.41) is 0.979. The first-order chi connectivity index (χ1) is 23.7. The monoisotopic (exact) mass is 617 g/mol. The fourth-order valence-electron chi connectivity index (χ4n) is 6.31. The van der Waals surface area contributed by atoms with Crippen molar-refractivity contribution in [2.75, 3.05) is 0 Å². The third-order valence-electron chi connectivity index (χ3n) is 8.57. The molecule has 0 spiro atoms. The van der Waals surface area contributed by atoms with Gasteiger partial charge in [-0.05, 0) is 60.0 Å². The summed E-state index contributed by atoms with van der Waals surface area (Å²) in [6, 6.07) is 47.7. The van der Waals surface area contributed by atoms with E-state index < -0.39 is 0 Å². The van der Waals surface area contributed by atoms with Gasteiger partial charge in [0.2, 0.25) is 0 Å². The van der Waals surface area contributed by atoms with Crippen LogP contribution in [0.25, 0.3) is 90.4 Å². The summed E-state index contributed by atoms with van der Waals surface area (Å²) in [6.45, 7) is 6.18. The number of allylic oxidation sites excluding steroid dienone is 1. The number of fused-ring (bicyclic) bond motifs is 3. The fraction of sp³-hybridized carbons (Fsp3) is 0.0227. The molecule has 0 amide bonds. The average Bonchev–Trinajstić information content (AvgIpc) is 3.53. The Hall–Kier alpha value is -6.39. The molecular weight excluding hydrogens is 587 g/mol. The lowest BCUT2D eigenvalue weighted by Gasteiger charge is -2.13. The summed E-state index contributed by atoms with van der Waals surface area (Å²) in [7, 11) is 0. The normalized spacial score (nSPS) is 11.4. The molecule has 3 aromatic heterocycles. The van der Waals surface area contributed by atoms with Crippen molar-refractivity contribution in [2.45, 2.75) is 6.92 Å². The zero-order chi connectivity index (χ0) is 32.5. The first-order valence-corrected chi connectivity index (χ1v) is 16.0. The lowest BCUT2D eigenvalue weighted by Crippen LogP contribution is -1.97. The Morgan fingerprint density at radius 2 is 1.17 bits per heavy atom. The molecule has 0 aliphatic heterocycles. The van der Waals surface area contributed by atoms with E-state index in [1.54, 1.807) is 0 Å². The van der Waals surface area contributed by atoms with E-state index in [9.17, 15) is 0 Å². The highest BCUT2D eigenvalue weighted by Gasteiger charge is 2.20. The molecule has 0 saturated carbocycles. The minimum Gasteiger partial charge on any atom is -0.454 e. The molecule has 5 aromatic carbocycles. The number of para-hydroxylation sites is 1. The molecule has 3 heterocycles. The van der Waals surface area contributed by atoms with Gasteiger partial charge in [-0.3, -0.25) is 0 Å². The first kappa shape index (κ1) is 29.0. The van der Waals surface area contributed by atoms with Crippen LogP contribution in [-0.4, -0.2) is 15.0 Å². The van der Waals surface area contributed by atoms with Crippen molar-refractivity contribution in [1.29, 1.82) is 0 Å². The van der Waals surface area contributed by atoms with Crippen LogP contribution in [0.1, 0.15) is 18.2 Å². The highest BCUT2D eigenvalue weighted by Crippen LogP contribution is 2.40. The maximum absolute atomic E-state index is 6.50. The molecule has 8 aromatic rings. The standard InChI is InChI=1S/C44H31N3O/c1-3-15-37-35(4-2)41(43-42(45-37)36-24-11-12-25-40(36)48-43)33-22-14-23-34(27-33)44-46-38(30-18-9-6-10-19-30)28-39(47-44)32-21-13-20-31(26-32)29-16-7-5-8-17-29/h3-28H,2H2,1H3/b15-3-. The average molecular weight is 618 g/mol. The van der Waals surface area contributed by atoms with Gasteiger partial charge in [0.05, 0.1) is 17.1 Å². The molecule has 0 unspecified atom stereocenters. The molecular formula is C44H31N3O. The van der Waals surface area contributed by atoms with E-state index in [1.807, 2.05) is 67.6 Å². The Balaban J connectivity index is 1.33. The van der Waals surface area contributed by atoms with E-state index in [0.717, 1.165) is 83.7 Å². The minimum absolute atomic E-state index is 0.641. The Labute approximate surface area is 279 Å². The van der Waals surface area contributed by atoms with Crippen LogP contribution in [-0.2, 0) is 0 Å². The first-order valence-electron chi connectivity index (χ1n) is 16.0. The summed E-state index contributed by atoms with van der Waals surface area (Å²) in [6.07, 6.45) is 5.88. The number of pyridine rings is 1. The van der Waals surface area contributed by atoms with Crippen LogP contribution in [0.4, 0.5) is 0 Å². The molecule has 4 heteroatoms. The molecule has 0 radical (unpaired) electrons. The van der Waals surface area contributed by atoms with Gasteiger partial charge in [-0.25, -0.2) is 15.0 Å². The second-order valence-electron chi connectivity index (χ2n) is 11.6. The highest BCUT2D eigenvalue weighted by molar-refractivity contribution is 6.09. The van der Waals surface area contributed by atoms with Gasteiger partial charge in [-0.1, -0.05) is 128 Å². The van der Waals surface area contributed by atoms with Crippen molar-refractivity contribution < 1.29 is 4.42 Å². The number of furan rings is 1. The van der Waals surface area contributed by atoms with E-state index in [4.69, 9.17) is 19.4 Å². The number of aromatic nitrogens is 3. The molecule has 48 heavy (non-hydrogen) atoms. The number of benzene rings is 5. The summed E-state index contributed by atoms with van der Waals surface area (Å²) in [5.74, 6) is 0.641. The van der Waals surface area contributed by atoms with Crippen LogP contribution >= 0.6 is 0 Å². The molecule has 0 bridgehead atoms. The number of hydrogen-bond donors (Lipinski definition) is 0. The molecule has 0 fully saturated rings. The Morgan fingerprint density at radius 3 is 1.92 bits per heavy atom. The van der Waals surface area contributed by atoms with Gasteiger partial charge in [0, 0.05) is 33.2 Å². The van der Waals surface area contributed by atoms with Crippen LogP contribution in [0.15, 0.2) is 157 Å².